The van der Waals surface area contributed by atoms with E-state index in [2.05, 4.69) is 40.7 Å². The lowest BCUT2D eigenvalue weighted by Crippen LogP contribution is -2.04. The van der Waals surface area contributed by atoms with Crippen molar-refractivity contribution in [3.8, 4) is 68.0 Å². The van der Waals surface area contributed by atoms with Crippen LogP contribution in [0.15, 0.2) is 176 Å². The van der Waals surface area contributed by atoms with E-state index in [9.17, 15) is 23.7 Å². The van der Waals surface area contributed by atoms with Gasteiger partial charge in [0.25, 0.3) is 0 Å². The highest BCUT2D eigenvalue weighted by Crippen LogP contribution is 2.46. The van der Waals surface area contributed by atoms with Crippen LogP contribution in [0.25, 0.3) is 119 Å². The van der Waals surface area contributed by atoms with Crippen molar-refractivity contribution in [1.29, 1.82) is 10.5 Å². The van der Waals surface area contributed by atoms with Crippen molar-refractivity contribution in [2.24, 2.45) is 0 Å². The molecular formula is C61H29F3N8. The lowest BCUT2D eigenvalue weighted by atomic mass is 9.93. The summed E-state index contributed by atoms with van der Waals surface area (Å²) in [7, 11) is 0. The van der Waals surface area contributed by atoms with Crippen LogP contribution in [-0.2, 0) is 6.18 Å². The van der Waals surface area contributed by atoms with Gasteiger partial charge in [-0.3, -0.25) is 0 Å². The number of nitrogens with zero attached hydrogens (tertiary/aromatic N) is 8. The van der Waals surface area contributed by atoms with Crippen LogP contribution in [0.3, 0.4) is 0 Å². The highest BCUT2D eigenvalue weighted by atomic mass is 19.4. The van der Waals surface area contributed by atoms with E-state index in [-0.39, 0.29) is 5.69 Å². The molecule has 8 nitrogen and oxygen atoms in total. The second kappa shape index (κ2) is 17.1. The molecule has 9 aromatic carbocycles. The van der Waals surface area contributed by atoms with Crippen LogP contribution in [0.4, 0.5) is 35.9 Å². The van der Waals surface area contributed by atoms with Gasteiger partial charge in [-0.05, 0) is 112 Å². The van der Waals surface area contributed by atoms with E-state index in [1.165, 1.54) is 6.07 Å². The molecule has 0 aliphatic rings. The fourth-order valence-electron chi connectivity index (χ4n) is 9.84. The summed E-state index contributed by atoms with van der Waals surface area (Å²) in [5, 5.41) is 23.6. The molecule has 334 valence electrons. The first-order chi connectivity index (χ1) is 35.0. The Hall–Kier alpha value is -10.7. The molecule has 0 unspecified atom stereocenters. The maximum atomic E-state index is 14.0. The van der Waals surface area contributed by atoms with Crippen LogP contribution in [0.1, 0.15) is 16.7 Å². The smallest absolute Gasteiger partial charge is 0.309 e. The molecule has 0 saturated carbocycles. The van der Waals surface area contributed by atoms with E-state index in [1.807, 2.05) is 109 Å². The summed E-state index contributed by atoms with van der Waals surface area (Å²) < 4.78 is 46.3. The van der Waals surface area contributed by atoms with Gasteiger partial charge in [0.2, 0.25) is 0 Å². The fraction of sp³-hybridized carbons (Fsp3) is 0.0164. The van der Waals surface area contributed by atoms with Gasteiger partial charge in [0.15, 0.2) is 22.7 Å². The Bertz CT molecular complexity index is 4420. The maximum Gasteiger partial charge on any atom is 0.415 e. The Morgan fingerprint density at radius 1 is 0.389 bits per heavy atom. The number of aromatic nitrogens is 2. The van der Waals surface area contributed by atoms with E-state index in [0.29, 0.717) is 72.9 Å². The molecule has 0 saturated heterocycles. The van der Waals surface area contributed by atoms with Gasteiger partial charge < -0.3 is 9.13 Å². The summed E-state index contributed by atoms with van der Waals surface area (Å²) in [6, 6.07) is 56.4. The topological polar surface area (TPSA) is 74.9 Å². The van der Waals surface area contributed by atoms with Crippen LogP contribution in [0.2, 0.25) is 0 Å². The zero-order valence-corrected chi connectivity index (χ0v) is 37.5. The van der Waals surface area contributed by atoms with E-state index in [4.69, 9.17) is 26.3 Å². The van der Waals surface area contributed by atoms with Crippen molar-refractivity contribution in [2.45, 2.75) is 6.18 Å². The van der Waals surface area contributed by atoms with Crippen molar-refractivity contribution in [3.63, 3.8) is 0 Å². The number of fused-ring (bicyclic) bond motifs is 6. The molecule has 0 amide bonds. The lowest BCUT2D eigenvalue weighted by molar-refractivity contribution is -0.137. The van der Waals surface area contributed by atoms with Gasteiger partial charge >= 0.3 is 6.18 Å². The van der Waals surface area contributed by atoms with Crippen molar-refractivity contribution in [1.82, 2.24) is 9.13 Å². The number of halogens is 3. The van der Waals surface area contributed by atoms with E-state index >= 15 is 0 Å². The maximum absolute atomic E-state index is 14.0. The number of alkyl halides is 3. The first-order valence-corrected chi connectivity index (χ1v) is 22.2. The number of hydrogen-bond acceptors (Lipinski definition) is 2. The monoisotopic (exact) mass is 930 g/mol. The Morgan fingerprint density at radius 2 is 0.861 bits per heavy atom. The van der Waals surface area contributed by atoms with Crippen molar-refractivity contribution in [3.05, 3.63) is 238 Å². The van der Waals surface area contributed by atoms with Crippen molar-refractivity contribution < 1.29 is 13.2 Å². The van der Waals surface area contributed by atoms with Gasteiger partial charge in [0, 0.05) is 43.8 Å². The normalized spacial score (nSPS) is 11.2. The lowest BCUT2D eigenvalue weighted by Gasteiger charge is -2.20. The summed E-state index contributed by atoms with van der Waals surface area (Å²) in [6.45, 7) is 31.4. The predicted octanol–water partition coefficient (Wildman–Crippen LogP) is 17.5. The van der Waals surface area contributed by atoms with Gasteiger partial charge in [0.05, 0.1) is 77.4 Å². The largest absolute Gasteiger partial charge is 0.415 e. The molecule has 0 radical (unpaired) electrons. The third kappa shape index (κ3) is 7.12. The fourth-order valence-corrected chi connectivity index (χ4v) is 9.84. The molecule has 0 aliphatic heterocycles. The highest BCUT2D eigenvalue weighted by molar-refractivity contribution is 6.13. The molecule has 0 bridgehead atoms. The number of rotatable bonds is 6. The summed E-state index contributed by atoms with van der Waals surface area (Å²) in [5.74, 6) is 0. The van der Waals surface area contributed by atoms with Gasteiger partial charge in [0.1, 0.15) is 0 Å². The van der Waals surface area contributed by atoms with Crippen LogP contribution in [0.5, 0.6) is 0 Å². The van der Waals surface area contributed by atoms with Crippen LogP contribution in [0, 0.1) is 49.0 Å². The molecule has 11 heteroatoms. The predicted molar refractivity (Wildman–Crippen MR) is 276 cm³/mol. The number of nitriles is 2. The average molecular weight is 931 g/mol. The number of hydrogen-bond donors (Lipinski definition) is 0. The summed E-state index contributed by atoms with van der Waals surface area (Å²) in [4.78, 5) is 14.6. The first-order valence-electron chi connectivity index (χ1n) is 22.2. The van der Waals surface area contributed by atoms with Crippen molar-refractivity contribution in [2.75, 3.05) is 0 Å². The van der Waals surface area contributed by atoms with Crippen LogP contribution in [-0.4, -0.2) is 9.13 Å². The van der Waals surface area contributed by atoms with Crippen molar-refractivity contribution >= 4 is 66.4 Å². The minimum atomic E-state index is -4.66. The molecule has 2 heterocycles. The minimum absolute atomic E-state index is 0.168. The Balaban J connectivity index is 1.21. The zero-order chi connectivity index (χ0) is 49.8. The average Bonchev–Trinajstić information content (AvgIpc) is 3.93. The first kappa shape index (κ1) is 43.9. The molecule has 0 N–H and O–H groups in total. The molecule has 11 aromatic rings. The van der Waals surface area contributed by atoms with E-state index in [0.717, 1.165) is 66.9 Å². The summed E-state index contributed by atoms with van der Waals surface area (Å²) >= 11 is 0. The summed E-state index contributed by atoms with van der Waals surface area (Å²) in [6.07, 6.45) is -4.66. The van der Waals surface area contributed by atoms with Crippen LogP contribution >= 0.6 is 0 Å². The SMILES string of the molecule is [C-]#[N+]c1ccc(-c2ccc3c(c2)c2ccccc2n3-c2ccc(-c3ccc(C(F)(F)F)cc3[N+]#[C-])cc2-c2ccc(C#N)cc2-n2c3ccccc3c3cc(-c4ccc(C#N)cc4[N+]#[C-])ccc32)c([N+]#[C-])c1. The standard InChI is InChI=1S/C61H29F3N8/c1-67-42-19-23-45(54(33-42)70-4)40-16-24-57-49(30-40)46-9-5-7-11-55(46)71(57)58-25-15-39(44-22-18-41(61(62,63)64)32-53(44)69-3)31-51(58)48-21-14-37(35-66)28-60(48)72-56-12-8-6-10-47(56)50-29-38(17-26-59(50)72)43-20-13-36(34-65)27-52(43)68-2/h5-33H. The molecule has 0 spiro atoms. The molecular weight excluding hydrogens is 902 g/mol. The molecule has 0 aliphatic carbocycles. The molecule has 72 heavy (non-hydrogen) atoms. The van der Waals surface area contributed by atoms with Gasteiger partial charge in [-0.15, -0.1) is 0 Å². The minimum Gasteiger partial charge on any atom is -0.309 e. The van der Waals surface area contributed by atoms with E-state index in [1.54, 1.807) is 48.5 Å². The Kier molecular flexibility index (Phi) is 10.4. The third-order valence-electron chi connectivity index (χ3n) is 13.1. The second-order valence-corrected chi connectivity index (χ2v) is 17.0. The Morgan fingerprint density at radius 3 is 1.43 bits per heavy atom. The second-order valence-electron chi connectivity index (χ2n) is 17.0. The highest BCUT2D eigenvalue weighted by Gasteiger charge is 2.31. The Labute approximate surface area is 410 Å². The molecule has 2 aromatic heterocycles. The summed E-state index contributed by atoms with van der Waals surface area (Å²) in [5.41, 5.74) is 10.3. The molecule has 11 rings (SSSR count). The van der Waals surface area contributed by atoms with Gasteiger partial charge in [-0.25, -0.2) is 19.4 Å². The molecule has 0 atom stereocenters. The van der Waals surface area contributed by atoms with E-state index < -0.39 is 11.7 Å². The molecule has 0 fully saturated rings. The van der Waals surface area contributed by atoms with Gasteiger partial charge in [-0.2, -0.15) is 23.7 Å². The van der Waals surface area contributed by atoms with Crippen LogP contribution < -0.4 is 0 Å². The third-order valence-corrected chi connectivity index (χ3v) is 13.1. The number of benzene rings is 9. The quantitative estimate of drug-likeness (QED) is 0.156. The van der Waals surface area contributed by atoms with Gasteiger partial charge in [-0.1, -0.05) is 97.1 Å². The zero-order valence-electron chi connectivity index (χ0n) is 37.5. The number of para-hydroxylation sites is 2.